The Kier molecular flexibility index (Phi) is 7.48. The molecule has 5 rings (SSSR count). The van der Waals surface area contributed by atoms with E-state index >= 15 is 0 Å². The number of hydrogen-bond donors (Lipinski definition) is 1. The van der Waals surface area contributed by atoms with Gasteiger partial charge in [-0.1, -0.05) is 31.2 Å². The van der Waals surface area contributed by atoms with Crippen molar-refractivity contribution in [3.63, 3.8) is 0 Å². The van der Waals surface area contributed by atoms with Crippen LogP contribution in [0.2, 0.25) is 0 Å². The molecule has 0 aliphatic carbocycles. The highest BCUT2D eigenvalue weighted by Gasteiger charge is 2.32. The molecule has 1 fully saturated rings. The molecule has 1 saturated heterocycles. The van der Waals surface area contributed by atoms with Crippen molar-refractivity contribution in [1.82, 2.24) is 18.9 Å². The van der Waals surface area contributed by atoms with E-state index in [9.17, 15) is 13.2 Å². The number of thioether (sulfide) groups is 1. The molecule has 0 radical (unpaired) electrons. The van der Waals surface area contributed by atoms with Gasteiger partial charge in [0.05, 0.1) is 16.2 Å². The fourth-order valence-electron chi connectivity index (χ4n) is 5.32. The van der Waals surface area contributed by atoms with Crippen LogP contribution in [-0.4, -0.2) is 51.6 Å². The Morgan fingerprint density at radius 1 is 1.05 bits per heavy atom. The fourth-order valence-corrected chi connectivity index (χ4v) is 7.83. The maximum atomic E-state index is 13.2. The van der Waals surface area contributed by atoms with Crippen LogP contribution in [-0.2, 0) is 14.8 Å². The fraction of sp³-hybridized carbons (Fsp3) is 0.393. The molecule has 8 nitrogen and oxygen atoms in total. The number of amides is 1. The van der Waals surface area contributed by atoms with Gasteiger partial charge >= 0.3 is 0 Å². The normalized spacial score (nSPS) is 16.8. The van der Waals surface area contributed by atoms with Crippen LogP contribution in [0.3, 0.4) is 0 Å². The summed E-state index contributed by atoms with van der Waals surface area (Å²) in [4.78, 5) is 13.0. The van der Waals surface area contributed by atoms with Gasteiger partial charge in [0.25, 0.3) is 0 Å². The molecular formula is C28H33N5O3S2. The molecule has 1 amide bonds. The van der Waals surface area contributed by atoms with Crippen molar-refractivity contribution in [3.8, 4) is 0 Å². The lowest BCUT2D eigenvalue weighted by Gasteiger charge is -2.34. The van der Waals surface area contributed by atoms with E-state index in [4.69, 9.17) is 0 Å². The number of hydrogen-bond acceptors (Lipinski definition) is 6. The average Bonchev–Trinajstić information content (AvgIpc) is 3.34. The van der Waals surface area contributed by atoms with Crippen molar-refractivity contribution in [2.75, 3.05) is 17.6 Å². The van der Waals surface area contributed by atoms with Gasteiger partial charge in [0.2, 0.25) is 15.9 Å². The number of carbonyl (C=O) groups excluding carboxylic acids is 1. The van der Waals surface area contributed by atoms with Gasteiger partial charge < -0.3 is 5.32 Å². The Morgan fingerprint density at radius 3 is 2.55 bits per heavy atom. The smallest absolute Gasteiger partial charge is 0.243 e. The van der Waals surface area contributed by atoms with Gasteiger partial charge in [-0.3, -0.25) is 9.20 Å². The number of aromatic nitrogens is 3. The maximum absolute atomic E-state index is 13.2. The molecule has 0 saturated carbocycles. The standard InChI is InChI=1S/C28H33N5O3S2/c1-5-22-8-6-7-13-32(22)38(35,36)23-11-9-21(10-12-23)29-26(34)17-37-28-31-30-27-20(4)16-24-19(3)14-18(2)15-25(24)33(27)28/h9-12,14-16,22H,5-8,13,17H2,1-4H3,(H,29,34)/t22-/m1/s1. The summed E-state index contributed by atoms with van der Waals surface area (Å²) in [5.74, 6) is -0.0544. The maximum Gasteiger partial charge on any atom is 0.243 e. The molecule has 200 valence electrons. The molecule has 10 heteroatoms. The second-order valence-electron chi connectivity index (χ2n) is 10.0. The van der Waals surface area contributed by atoms with Crippen molar-refractivity contribution in [1.29, 1.82) is 0 Å². The number of carbonyl (C=O) groups is 1. The highest BCUT2D eigenvalue weighted by Crippen LogP contribution is 2.30. The molecule has 1 aliphatic rings. The molecule has 38 heavy (non-hydrogen) atoms. The van der Waals surface area contributed by atoms with Gasteiger partial charge in [-0.2, -0.15) is 4.31 Å². The van der Waals surface area contributed by atoms with Crippen LogP contribution in [0.1, 0.15) is 49.3 Å². The van der Waals surface area contributed by atoms with E-state index < -0.39 is 10.0 Å². The van der Waals surface area contributed by atoms with Gasteiger partial charge in [0.1, 0.15) is 0 Å². The molecular weight excluding hydrogens is 518 g/mol. The van der Waals surface area contributed by atoms with Crippen molar-refractivity contribution < 1.29 is 13.2 Å². The molecule has 4 aromatic rings. The van der Waals surface area contributed by atoms with E-state index in [1.54, 1.807) is 28.6 Å². The molecule has 3 heterocycles. The van der Waals surface area contributed by atoms with E-state index in [0.717, 1.165) is 53.4 Å². The number of benzene rings is 2. The van der Waals surface area contributed by atoms with Crippen LogP contribution in [0, 0.1) is 20.8 Å². The van der Waals surface area contributed by atoms with Crippen molar-refractivity contribution in [2.45, 2.75) is 69.5 Å². The minimum Gasteiger partial charge on any atom is -0.325 e. The van der Waals surface area contributed by atoms with Crippen LogP contribution >= 0.6 is 11.8 Å². The van der Waals surface area contributed by atoms with Gasteiger partial charge in [-0.15, -0.1) is 10.2 Å². The van der Waals surface area contributed by atoms with Crippen LogP contribution in [0.5, 0.6) is 0 Å². The Balaban J connectivity index is 1.30. The van der Waals surface area contributed by atoms with Crippen molar-refractivity contribution >= 4 is 49.9 Å². The number of aryl methyl sites for hydroxylation is 3. The number of pyridine rings is 1. The third-order valence-corrected chi connectivity index (χ3v) is 10.1. The largest absolute Gasteiger partial charge is 0.325 e. The first kappa shape index (κ1) is 26.6. The van der Waals surface area contributed by atoms with Crippen LogP contribution in [0.25, 0.3) is 16.6 Å². The summed E-state index contributed by atoms with van der Waals surface area (Å²) in [5.41, 5.74) is 5.71. The van der Waals surface area contributed by atoms with E-state index in [1.165, 1.54) is 17.3 Å². The third kappa shape index (κ3) is 5.04. The first-order chi connectivity index (χ1) is 18.2. The minimum atomic E-state index is -3.56. The zero-order valence-electron chi connectivity index (χ0n) is 22.2. The summed E-state index contributed by atoms with van der Waals surface area (Å²) in [6.45, 7) is 8.76. The summed E-state index contributed by atoms with van der Waals surface area (Å²) in [6, 6.07) is 12.9. The van der Waals surface area contributed by atoms with Crippen molar-refractivity contribution in [2.24, 2.45) is 0 Å². The number of nitrogens with one attached hydrogen (secondary N) is 1. The predicted octanol–water partition coefficient (Wildman–Crippen LogP) is 5.49. The number of sulfonamides is 1. The van der Waals surface area contributed by atoms with E-state index in [2.05, 4.69) is 47.6 Å². The third-order valence-electron chi connectivity index (χ3n) is 7.22. The summed E-state index contributed by atoms with van der Waals surface area (Å²) in [7, 11) is -3.56. The number of nitrogens with zero attached hydrogens (tertiary/aromatic N) is 4. The summed E-state index contributed by atoms with van der Waals surface area (Å²) in [6.07, 6.45) is 3.66. The number of piperidine rings is 1. The van der Waals surface area contributed by atoms with Gasteiger partial charge in [-0.25, -0.2) is 8.42 Å². The topological polar surface area (TPSA) is 96.7 Å². The summed E-state index contributed by atoms with van der Waals surface area (Å²) < 4.78 is 30.1. The molecule has 1 atom stereocenters. The summed E-state index contributed by atoms with van der Waals surface area (Å²) >= 11 is 1.32. The number of anilines is 1. The molecule has 1 N–H and O–H groups in total. The van der Waals surface area contributed by atoms with Crippen molar-refractivity contribution in [3.05, 3.63) is 59.2 Å². The van der Waals surface area contributed by atoms with Gasteiger partial charge in [-0.05, 0) is 93.1 Å². The lowest BCUT2D eigenvalue weighted by molar-refractivity contribution is -0.113. The quantitative estimate of drug-likeness (QED) is 0.305. The second-order valence-corrected chi connectivity index (χ2v) is 12.9. The Hall–Kier alpha value is -2.95. The first-order valence-corrected chi connectivity index (χ1v) is 15.4. The second kappa shape index (κ2) is 10.7. The number of fused-ring (bicyclic) bond motifs is 3. The molecule has 0 unspecified atom stereocenters. The number of rotatable bonds is 7. The van der Waals surface area contributed by atoms with E-state index in [-0.39, 0.29) is 22.6 Å². The zero-order valence-corrected chi connectivity index (χ0v) is 23.8. The average molecular weight is 552 g/mol. The van der Waals surface area contributed by atoms with E-state index in [1.807, 2.05) is 18.2 Å². The van der Waals surface area contributed by atoms with Crippen LogP contribution in [0.15, 0.2) is 52.5 Å². The Bertz CT molecular complexity index is 1610. The Morgan fingerprint density at radius 2 is 1.82 bits per heavy atom. The molecule has 1 aliphatic heterocycles. The first-order valence-electron chi connectivity index (χ1n) is 13.0. The molecule has 0 bridgehead atoms. The molecule has 0 spiro atoms. The Labute approximate surface area is 227 Å². The highest BCUT2D eigenvalue weighted by atomic mass is 32.2. The lowest BCUT2D eigenvalue weighted by Crippen LogP contribution is -2.43. The van der Waals surface area contributed by atoms with Gasteiger partial charge in [0.15, 0.2) is 10.8 Å². The minimum absolute atomic E-state index is 0.0483. The van der Waals surface area contributed by atoms with Gasteiger partial charge in [0, 0.05) is 23.7 Å². The highest BCUT2D eigenvalue weighted by molar-refractivity contribution is 7.99. The van der Waals surface area contributed by atoms with E-state index in [0.29, 0.717) is 17.4 Å². The zero-order chi connectivity index (χ0) is 27.0. The predicted molar refractivity (Wildman–Crippen MR) is 152 cm³/mol. The molecule has 2 aromatic carbocycles. The lowest BCUT2D eigenvalue weighted by atomic mass is 10.0. The monoisotopic (exact) mass is 551 g/mol. The molecule has 2 aromatic heterocycles. The summed E-state index contributed by atoms with van der Waals surface area (Å²) in [5, 5.41) is 13.4. The SMILES string of the molecule is CC[C@@H]1CCCCN1S(=O)(=O)c1ccc(NC(=O)CSc2nnc3c(C)cc4c(C)cc(C)cc4n23)cc1. The van der Waals surface area contributed by atoms with Crippen LogP contribution < -0.4 is 5.32 Å². The van der Waals surface area contributed by atoms with Crippen LogP contribution in [0.4, 0.5) is 5.69 Å².